The zero-order valence-corrected chi connectivity index (χ0v) is 17.4. The summed E-state index contributed by atoms with van der Waals surface area (Å²) >= 11 is 3.46. The third-order valence-corrected chi connectivity index (χ3v) is 7.50. The molecule has 1 fully saturated rings. The van der Waals surface area contributed by atoms with Crippen LogP contribution in [-0.4, -0.2) is 34.2 Å². The van der Waals surface area contributed by atoms with Crippen LogP contribution < -0.4 is 10.6 Å². The fraction of sp³-hybridized carbons (Fsp3) is 0.227. The number of pyridine rings is 2. The van der Waals surface area contributed by atoms with Gasteiger partial charge in [0.15, 0.2) is 0 Å². The summed E-state index contributed by atoms with van der Waals surface area (Å²) in [7, 11) is 0. The van der Waals surface area contributed by atoms with Gasteiger partial charge < -0.3 is 10.6 Å². The number of anilines is 1. The second-order valence-electron chi connectivity index (χ2n) is 7.56. The first-order valence-electron chi connectivity index (χ1n) is 9.66. The molecule has 5 nitrogen and oxygen atoms in total. The third-order valence-electron chi connectivity index (χ3n) is 5.44. The van der Waals surface area contributed by atoms with Crippen LogP contribution in [0.4, 0.5) is 5.69 Å². The van der Waals surface area contributed by atoms with Gasteiger partial charge in [-0.2, -0.15) is 0 Å². The van der Waals surface area contributed by atoms with Crippen LogP contribution in [0.15, 0.2) is 42.6 Å². The topological polar surface area (TPSA) is 66.9 Å². The molecule has 29 heavy (non-hydrogen) atoms. The molecule has 0 aliphatic carbocycles. The van der Waals surface area contributed by atoms with Crippen molar-refractivity contribution in [2.75, 3.05) is 17.6 Å². The van der Waals surface area contributed by atoms with E-state index < -0.39 is 0 Å². The molecule has 5 heterocycles. The van der Waals surface area contributed by atoms with Crippen molar-refractivity contribution >= 4 is 55.7 Å². The quantitative estimate of drug-likeness (QED) is 0.456. The molecule has 7 heteroatoms. The highest BCUT2D eigenvalue weighted by Crippen LogP contribution is 2.45. The van der Waals surface area contributed by atoms with Crippen molar-refractivity contribution in [3.63, 3.8) is 0 Å². The highest BCUT2D eigenvalue weighted by atomic mass is 32.2. The first kappa shape index (κ1) is 17.2. The normalized spacial score (nSPS) is 20.8. The number of thiophene rings is 1. The van der Waals surface area contributed by atoms with E-state index in [1.807, 2.05) is 37.0 Å². The number of hydrogen-bond acceptors (Lipinski definition) is 6. The molecular formula is C22H18N4OS2. The Labute approximate surface area is 175 Å². The third kappa shape index (κ3) is 2.88. The molecule has 144 valence electrons. The average Bonchev–Trinajstić information content (AvgIpc) is 3.53. The van der Waals surface area contributed by atoms with Crippen LogP contribution in [-0.2, 0) is 0 Å². The number of benzene rings is 1. The Morgan fingerprint density at radius 3 is 2.83 bits per heavy atom. The van der Waals surface area contributed by atoms with Crippen LogP contribution in [0.3, 0.4) is 0 Å². The number of nitrogens with zero attached hydrogens (tertiary/aromatic N) is 2. The number of amides is 1. The van der Waals surface area contributed by atoms with E-state index in [9.17, 15) is 4.79 Å². The standard InChI is InChI=1S/C22H18N4OS2/c1-11-8-24-20-19-13-3-5-14(12-2-4-16(23-9-12)18-10-28-18)26-15(13)6-7-17(19)29-21(20)22(27)25-11/h2-7,9,11,18,24H,8,10H2,1H3,(H,25,27)/t11-,18?/m1/s1. The molecule has 2 atom stereocenters. The highest BCUT2D eigenvalue weighted by Gasteiger charge is 2.26. The van der Waals surface area contributed by atoms with Gasteiger partial charge in [-0.05, 0) is 43.3 Å². The Morgan fingerprint density at radius 2 is 2.03 bits per heavy atom. The molecule has 1 saturated heterocycles. The monoisotopic (exact) mass is 418 g/mol. The van der Waals surface area contributed by atoms with E-state index >= 15 is 0 Å². The number of rotatable bonds is 2. The average molecular weight is 419 g/mol. The first-order chi connectivity index (χ1) is 14.2. The molecule has 3 aromatic heterocycles. The molecule has 0 spiro atoms. The summed E-state index contributed by atoms with van der Waals surface area (Å²) in [6.45, 7) is 2.72. The number of nitrogens with one attached hydrogen (secondary N) is 2. The number of thioether (sulfide) groups is 1. The van der Waals surface area contributed by atoms with Crippen molar-refractivity contribution in [2.24, 2.45) is 0 Å². The number of hydrogen-bond donors (Lipinski definition) is 2. The van der Waals surface area contributed by atoms with Crippen LogP contribution in [0.5, 0.6) is 0 Å². The minimum absolute atomic E-state index is 0.00332. The summed E-state index contributed by atoms with van der Waals surface area (Å²) in [5.41, 5.74) is 4.95. The molecule has 0 saturated carbocycles. The second-order valence-corrected chi connectivity index (χ2v) is 9.85. The van der Waals surface area contributed by atoms with Gasteiger partial charge in [-0.1, -0.05) is 0 Å². The Balaban J connectivity index is 1.48. The smallest absolute Gasteiger partial charge is 0.263 e. The molecule has 1 aromatic carbocycles. The van der Waals surface area contributed by atoms with Crippen molar-refractivity contribution in [3.05, 3.63) is 53.2 Å². The summed E-state index contributed by atoms with van der Waals surface area (Å²) < 4.78 is 1.10. The first-order valence-corrected chi connectivity index (χ1v) is 11.5. The lowest BCUT2D eigenvalue weighted by Gasteiger charge is -2.10. The fourth-order valence-electron chi connectivity index (χ4n) is 3.85. The lowest BCUT2D eigenvalue weighted by Crippen LogP contribution is -2.34. The Kier molecular flexibility index (Phi) is 3.82. The summed E-state index contributed by atoms with van der Waals surface area (Å²) in [6, 6.07) is 12.6. The van der Waals surface area contributed by atoms with Gasteiger partial charge in [0.2, 0.25) is 0 Å². The zero-order chi connectivity index (χ0) is 19.5. The van der Waals surface area contributed by atoms with Gasteiger partial charge in [0, 0.05) is 45.6 Å². The van der Waals surface area contributed by atoms with Gasteiger partial charge in [0.05, 0.1) is 27.8 Å². The summed E-state index contributed by atoms with van der Waals surface area (Å²) in [6.07, 6.45) is 1.92. The molecule has 2 aliphatic heterocycles. The summed E-state index contributed by atoms with van der Waals surface area (Å²) in [4.78, 5) is 22.8. The SMILES string of the molecule is C[C@@H]1CNc2c(sc3ccc4nc(-c5ccc(C6CS6)nc5)ccc4c23)C(=O)N1. The van der Waals surface area contributed by atoms with E-state index in [0.29, 0.717) is 11.8 Å². The van der Waals surface area contributed by atoms with E-state index in [4.69, 9.17) is 4.98 Å². The Bertz CT molecular complexity index is 1280. The van der Waals surface area contributed by atoms with E-state index in [2.05, 4.69) is 39.9 Å². The Morgan fingerprint density at radius 1 is 1.14 bits per heavy atom. The van der Waals surface area contributed by atoms with E-state index in [1.54, 1.807) is 0 Å². The Hall–Kier alpha value is -2.64. The second kappa shape index (κ2) is 6.43. The van der Waals surface area contributed by atoms with Crippen LogP contribution in [0, 0.1) is 0 Å². The van der Waals surface area contributed by atoms with Gasteiger partial charge >= 0.3 is 0 Å². The van der Waals surface area contributed by atoms with Gasteiger partial charge in [0.25, 0.3) is 5.91 Å². The maximum absolute atomic E-state index is 12.6. The summed E-state index contributed by atoms with van der Waals surface area (Å²) in [5.74, 6) is 1.17. The predicted octanol–water partition coefficient (Wildman–Crippen LogP) is 4.84. The molecule has 1 unspecified atom stereocenters. The molecule has 1 amide bonds. The lowest BCUT2D eigenvalue weighted by molar-refractivity contribution is 0.0949. The molecule has 4 aromatic rings. The molecule has 6 rings (SSSR count). The molecular weight excluding hydrogens is 400 g/mol. The van der Waals surface area contributed by atoms with Gasteiger partial charge in [-0.15, -0.1) is 23.1 Å². The zero-order valence-electron chi connectivity index (χ0n) is 15.7. The fourth-order valence-corrected chi connectivity index (χ4v) is 5.53. The van der Waals surface area contributed by atoms with Crippen LogP contribution in [0.2, 0.25) is 0 Å². The van der Waals surface area contributed by atoms with Crippen molar-refractivity contribution in [2.45, 2.75) is 18.2 Å². The van der Waals surface area contributed by atoms with Crippen molar-refractivity contribution in [1.29, 1.82) is 0 Å². The number of aromatic nitrogens is 2. The minimum atomic E-state index is -0.00332. The van der Waals surface area contributed by atoms with Crippen LogP contribution in [0.25, 0.3) is 32.2 Å². The molecule has 0 bridgehead atoms. The number of fused-ring (bicyclic) bond motifs is 5. The van der Waals surface area contributed by atoms with Crippen LogP contribution >= 0.6 is 23.1 Å². The number of carbonyl (C=O) groups is 1. The maximum Gasteiger partial charge on any atom is 0.263 e. The predicted molar refractivity (Wildman–Crippen MR) is 121 cm³/mol. The highest BCUT2D eigenvalue weighted by molar-refractivity contribution is 8.06. The van der Waals surface area contributed by atoms with Gasteiger partial charge in [0.1, 0.15) is 4.88 Å². The van der Waals surface area contributed by atoms with Crippen molar-refractivity contribution < 1.29 is 4.79 Å². The molecule has 2 N–H and O–H groups in total. The van der Waals surface area contributed by atoms with Gasteiger partial charge in [-0.25, -0.2) is 4.98 Å². The van der Waals surface area contributed by atoms with Crippen molar-refractivity contribution in [1.82, 2.24) is 15.3 Å². The number of carbonyl (C=O) groups excluding carboxylic acids is 1. The van der Waals surface area contributed by atoms with Crippen molar-refractivity contribution in [3.8, 4) is 11.3 Å². The van der Waals surface area contributed by atoms with E-state index in [0.717, 1.165) is 48.5 Å². The lowest BCUT2D eigenvalue weighted by atomic mass is 10.1. The molecule has 2 aliphatic rings. The van der Waals surface area contributed by atoms with E-state index in [-0.39, 0.29) is 11.9 Å². The molecule has 0 radical (unpaired) electrons. The maximum atomic E-state index is 12.6. The largest absolute Gasteiger partial charge is 0.381 e. The minimum Gasteiger partial charge on any atom is -0.381 e. The van der Waals surface area contributed by atoms with Crippen LogP contribution in [0.1, 0.15) is 27.5 Å². The van der Waals surface area contributed by atoms with Gasteiger partial charge in [-0.3, -0.25) is 9.78 Å². The van der Waals surface area contributed by atoms with E-state index in [1.165, 1.54) is 17.1 Å². The summed E-state index contributed by atoms with van der Waals surface area (Å²) in [5, 5.41) is 9.24.